The largest absolute Gasteiger partial charge is 0.496 e. The maximum atomic E-state index is 14.2. The van der Waals surface area contributed by atoms with E-state index in [9.17, 15) is 24.0 Å². The summed E-state index contributed by atoms with van der Waals surface area (Å²) in [5.74, 6) is -2.88. The molecular weight excluding hydrogens is 638 g/mol. The van der Waals surface area contributed by atoms with E-state index in [2.05, 4.69) is 5.32 Å². The molecule has 0 radical (unpaired) electrons. The van der Waals surface area contributed by atoms with Gasteiger partial charge in [0.2, 0.25) is 17.7 Å². The molecule has 230 valence electrons. The molecule has 0 bridgehead atoms. The summed E-state index contributed by atoms with van der Waals surface area (Å²) < 4.78 is 12.1. The maximum Gasteiger partial charge on any atom is 0.338 e. The molecule has 0 saturated carbocycles. The molecule has 13 heteroatoms. The maximum absolute atomic E-state index is 14.2. The van der Waals surface area contributed by atoms with Gasteiger partial charge in [-0.2, -0.15) is 0 Å². The van der Waals surface area contributed by atoms with E-state index in [1.165, 1.54) is 35.9 Å². The number of thioether (sulfide) groups is 1. The number of anilines is 2. The average molecular weight is 664 g/mol. The van der Waals surface area contributed by atoms with Crippen molar-refractivity contribution in [2.45, 2.75) is 29.7 Å². The van der Waals surface area contributed by atoms with Gasteiger partial charge in [-0.3, -0.25) is 23.7 Å². The zero-order chi connectivity index (χ0) is 31.8. The van der Waals surface area contributed by atoms with E-state index in [-0.39, 0.29) is 18.0 Å². The van der Waals surface area contributed by atoms with E-state index < -0.39 is 40.8 Å². The quantitative estimate of drug-likeness (QED) is 0.202. The Labute approximate surface area is 270 Å². The molecule has 0 aliphatic carbocycles. The van der Waals surface area contributed by atoms with E-state index >= 15 is 0 Å². The van der Waals surface area contributed by atoms with Gasteiger partial charge in [0.15, 0.2) is 0 Å². The SMILES string of the molecule is CCOC(=O)c1ccc(N2C(=O)C3Sc4c(sc(=O)n4CC(=O)Nc4ccc(Cl)cc4)C(c4ccccc4OC)C3C2=O)cc1. The molecule has 3 atom stereocenters. The molecule has 1 fully saturated rings. The van der Waals surface area contributed by atoms with Crippen molar-refractivity contribution >= 4 is 69.8 Å². The minimum atomic E-state index is -0.885. The predicted octanol–water partition coefficient (Wildman–Crippen LogP) is 5.18. The summed E-state index contributed by atoms with van der Waals surface area (Å²) in [6.07, 6.45) is 0. The number of carbonyl (C=O) groups is 4. The van der Waals surface area contributed by atoms with Crippen LogP contribution in [-0.2, 0) is 25.7 Å². The highest BCUT2D eigenvalue weighted by molar-refractivity contribution is 8.00. The summed E-state index contributed by atoms with van der Waals surface area (Å²) >= 11 is 8.01. The molecule has 3 unspecified atom stereocenters. The number of hydrogen-bond donors (Lipinski definition) is 1. The zero-order valence-electron chi connectivity index (χ0n) is 24.0. The molecule has 45 heavy (non-hydrogen) atoms. The van der Waals surface area contributed by atoms with Crippen molar-refractivity contribution in [3.05, 3.63) is 103 Å². The Balaban J connectivity index is 1.39. The van der Waals surface area contributed by atoms with Crippen LogP contribution >= 0.6 is 34.7 Å². The summed E-state index contributed by atoms with van der Waals surface area (Å²) in [5, 5.41) is 2.86. The van der Waals surface area contributed by atoms with Gasteiger partial charge in [-0.05, 0) is 61.5 Å². The molecule has 4 aromatic rings. The molecule has 3 aromatic carbocycles. The van der Waals surface area contributed by atoms with E-state index in [1.807, 2.05) is 6.07 Å². The second-order valence-electron chi connectivity index (χ2n) is 10.2. The molecule has 1 aromatic heterocycles. The molecule has 1 saturated heterocycles. The Morgan fingerprint density at radius 3 is 2.36 bits per heavy atom. The van der Waals surface area contributed by atoms with Gasteiger partial charge in [0.25, 0.3) is 0 Å². The van der Waals surface area contributed by atoms with Crippen molar-refractivity contribution in [3.63, 3.8) is 0 Å². The van der Waals surface area contributed by atoms with Gasteiger partial charge in [-0.15, -0.1) is 0 Å². The number of methoxy groups -OCH3 is 1. The fourth-order valence-corrected chi connectivity index (χ4v) is 8.50. The Morgan fingerprint density at radius 2 is 1.67 bits per heavy atom. The van der Waals surface area contributed by atoms with Crippen molar-refractivity contribution in [2.75, 3.05) is 23.9 Å². The zero-order valence-corrected chi connectivity index (χ0v) is 26.4. The summed E-state index contributed by atoms with van der Waals surface area (Å²) in [7, 11) is 1.52. The molecule has 10 nitrogen and oxygen atoms in total. The number of carbonyl (C=O) groups excluding carboxylic acids is 4. The first kappa shape index (κ1) is 30.6. The van der Waals surface area contributed by atoms with Crippen LogP contribution in [0.2, 0.25) is 5.02 Å². The van der Waals surface area contributed by atoms with Gasteiger partial charge in [0.05, 0.1) is 35.9 Å². The number of imide groups is 1. The van der Waals surface area contributed by atoms with Crippen molar-refractivity contribution in [1.29, 1.82) is 0 Å². The fourth-order valence-electron chi connectivity index (χ4n) is 5.61. The average Bonchev–Trinajstić information content (AvgIpc) is 3.48. The van der Waals surface area contributed by atoms with Crippen LogP contribution < -0.4 is 19.8 Å². The van der Waals surface area contributed by atoms with Crippen LogP contribution in [0.15, 0.2) is 82.6 Å². The van der Waals surface area contributed by atoms with Gasteiger partial charge in [0.1, 0.15) is 17.5 Å². The molecule has 0 spiro atoms. The lowest BCUT2D eigenvalue weighted by atomic mass is 9.82. The third kappa shape index (κ3) is 5.65. The van der Waals surface area contributed by atoms with Crippen LogP contribution in [0.5, 0.6) is 5.75 Å². The summed E-state index contributed by atoms with van der Waals surface area (Å²) in [6, 6.07) is 19.9. The number of fused-ring (bicyclic) bond motifs is 2. The van der Waals surface area contributed by atoms with Gasteiger partial charge in [-0.25, -0.2) is 9.69 Å². The van der Waals surface area contributed by atoms with Crippen LogP contribution in [0.1, 0.15) is 33.6 Å². The molecule has 3 heterocycles. The second-order valence-corrected chi connectivity index (χ2v) is 12.8. The number of nitrogens with zero attached hydrogens (tertiary/aromatic N) is 2. The predicted molar refractivity (Wildman–Crippen MR) is 172 cm³/mol. The smallest absolute Gasteiger partial charge is 0.338 e. The van der Waals surface area contributed by atoms with Crippen LogP contribution in [-0.4, -0.2) is 47.2 Å². The third-order valence-corrected chi connectivity index (χ3v) is 10.4. The highest BCUT2D eigenvalue weighted by atomic mass is 35.5. The van der Waals surface area contributed by atoms with Crippen molar-refractivity contribution in [3.8, 4) is 5.75 Å². The number of aromatic nitrogens is 1. The van der Waals surface area contributed by atoms with Gasteiger partial charge in [-0.1, -0.05) is 52.9 Å². The van der Waals surface area contributed by atoms with Gasteiger partial charge < -0.3 is 14.8 Å². The van der Waals surface area contributed by atoms with Crippen LogP contribution in [0, 0.1) is 5.92 Å². The fraction of sp³-hybridized carbons (Fsp3) is 0.219. The number of esters is 1. The molecule has 1 N–H and O–H groups in total. The first-order valence-corrected chi connectivity index (χ1v) is 16.0. The Kier molecular flexibility index (Phi) is 8.54. The lowest BCUT2D eigenvalue weighted by Crippen LogP contribution is -2.33. The number of benzene rings is 3. The highest BCUT2D eigenvalue weighted by Gasteiger charge is 2.57. The molecule has 2 aliphatic heterocycles. The molecule has 2 aliphatic rings. The van der Waals surface area contributed by atoms with Gasteiger partial charge >= 0.3 is 10.8 Å². The van der Waals surface area contributed by atoms with Crippen LogP contribution in [0.3, 0.4) is 0 Å². The van der Waals surface area contributed by atoms with Crippen molar-refractivity contribution < 1.29 is 28.7 Å². The lowest BCUT2D eigenvalue weighted by Gasteiger charge is -2.31. The molecule has 3 amide bonds. The number of nitrogens with one attached hydrogen (secondary N) is 1. The van der Waals surface area contributed by atoms with E-state index in [0.29, 0.717) is 43.2 Å². The number of amides is 3. The monoisotopic (exact) mass is 663 g/mol. The number of para-hydroxylation sites is 1. The number of thiazole rings is 1. The first-order valence-electron chi connectivity index (χ1n) is 13.9. The topological polar surface area (TPSA) is 124 Å². The number of rotatable bonds is 8. The van der Waals surface area contributed by atoms with E-state index in [0.717, 1.165) is 28.0 Å². The number of halogens is 1. The minimum absolute atomic E-state index is 0.215. The second kappa shape index (κ2) is 12.5. The first-order chi connectivity index (χ1) is 21.7. The Hall–Kier alpha value is -4.39. The summed E-state index contributed by atoms with van der Waals surface area (Å²) in [4.78, 5) is 68.1. The van der Waals surface area contributed by atoms with Crippen LogP contribution in [0.25, 0.3) is 0 Å². The lowest BCUT2D eigenvalue weighted by molar-refractivity contribution is -0.122. The summed E-state index contributed by atoms with van der Waals surface area (Å²) in [6.45, 7) is 1.62. The van der Waals surface area contributed by atoms with E-state index in [1.54, 1.807) is 49.4 Å². The van der Waals surface area contributed by atoms with Crippen molar-refractivity contribution in [2.24, 2.45) is 5.92 Å². The number of ether oxygens (including phenoxy) is 2. The normalized spacial score (nSPS) is 18.7. The van der Waals surface area contributed by atoms with Crippen molar-refractivity contribution in [1.82, 2.24) is 4.57 Å². The van der Waals surface area contributed by atoms with Gasteiger partial charge in [0, 0.05) is 27.1 Å². The summed E-state index contributed by atoms with van der Waals surface area (Å²) in [5.41, 5.74) is 1.77. The highest BCUT2D eigenvalue weighted by Crippen LogP contribution is 2.55. The van der Waals surface area contributed by atoms with E-state index in [4.69, 9.17) is 21.1 Å². The van der Waals surface area contributed by atoms with Crippen LogP contribution in [0.4, 0.5) is 11.4 Å². The third-order valence-electron chi connectivity index (χ3n) is 7.59. The Bertz CT molecular complexity index is 1870. The standard InChI is InChI=1S/C32H26ClN3O7S2/c1-3-43-31(40)17-8-14-20(15-9-17)36-28(38)25-24(21-6-4-5-7-22(21)42-2)27-30(44-26(25)29(36)39)35(32(41)45-27)16-23(37)34-19-12-10-18(33)11-13-19/h4-15,24-26H,3,16H2,1-2H3,(H,34,37). The Morgan fingerprint density at radius 1 is 0.956 bits per heavy atom. The molecule has 6 rings (SSSR count). The molecular formula is C32H26ClN3O7S2. The minimum Gasteiger partial charge on any atom is -0.496 e. The number of hydrogen-bond acceptors (Lipinski definition) is 9.